The van der Waals surface area contributed by atoms with Gasteiger partial charge in [-0.05, 0) is 17.5 Å². The summed E-state index contributed by atoms with van der Waals surface area (Å²) in [6.07, 6.45) is -1.56. The van der Waals surface area contributed by atoms with Gasteiger partial charge in [-0.25, -0.2) is 8.78 Å². The van der Waals surface area contributed by atoms with Gasteiger partial charge >= 0.3 is 0 Å². The van der Waals surface area contributed by atoms with Gasteiger partial charge in [-0.3, -0.25) is 0 Å². The average Bonchev–Trinajstić information content (AvgIpc) is 2.28. The van der Waals surface area contributed by atoms with E-state index in [2.05, 4.69) is 6.92 Å². The Morgan fingerprint density at radius 2 is 1.75 bits per heavy atom. The van der Waals surface area contributed by atoms with Gasteiger partial charge in [0.05, 0.1) is 6.10 Å². The molecule has 0 spiro atoms. The molecule has 90 valence electrons. The first kappa shape index (κ1) is 13.1. The standard InChI is InChI=1S/C13H18F2O/c1-3-4-10-5-7-11(8-6-10)12(16)9(2)13(14)15/h5-9,12-13,16H,3-4H2,1-2H3. The maximum absolute atomic E-state index is 12.4. The first-order valence-electron chi connectivity index (χ1n) is 5.61. The number of benzene rings is 1. The summed E-state index contributed by atoms with van der Waals surface area (Å²) in [6.45, 7) is 3.44. The zero-order chi connectivity index (χ0) is 12.1. The molecule has 0 fully saturated rings. The summed E-state index contributed by atoms with van der Waals surface area (Å²) in [6, 6.07) is 7.24. The molecule has 0 bridgehead atoms. The fourth-order valence-corrected chi connectivity index (χ4v) is 1.61. The molecule has 1 aromatic carbocycles. The highest BCUT2D eigenvalue weighted by atomic mass is 19.3. The number of alkyl halides is 2. The SMILES string of the molecule is CCCc1ccc(C(O)C(C)C(F)F)cc1. The molecule has 1 nitrogen and oxygen atoms in total. The minimum atomic E-state index is -2.50. The van der Waals surface area contributed by atoms with Crippen molar-refractivity contribution in [2.45, 2.75) is 39.2 Å². The van der Waals surface area contributed by atoms with Crippen LogP contribution in [0.2, 0.25) is 0 Å². The van der Waals surface area contributed by atoms with E-state index in [0.717, 1.165) is 12.8 Å². The number of hydrogen-bond donors (Lipinski definition) is 1. The van der Waals surface area contributed by atoms with Crippen LogP contribution in [0, 0.1) is 5.92 Å². The summed E-state index contributed by atoms with van der Waals surface area (Å²) in [7, 11) is 0. The van der Waals surface area contributed by atoms with Gasteiger partial charge in [0.25, 0.3) is 0 Å². The molecule has 3 heteroatoms. The molecule has 0 saturated heterocycles. The quantitative estimate of drug-likeness (QED) is 0.816. The number of aliphatic hydroxyl groups is 1. The molecule has 2 atom stereocenters. The van der Waals surface area contributed by atoms with Crippen LogP contribution in [-0.4, -0.2) is 11.5 Å². The lowest BCUT2D eigenvalue weighted by atomic mass is 9.96. The third-order valence-electron chi connectivity index (χ3n) is 2.76. The van der Waals surface area contributed by atoms with Crippen LogP contribution in [0.4, 0.5) is 8.78 Å². The van der Waals surface area contributed by atoms with Crippen molar-refractivity contribution in [3.05, 3.63) is 35.4 Å². The van der Waals surface area contributed by atoms with E-state index >= 15 is 0 Å². The van der Waals surface area contributed by atoms with Crippen molar-refractivity contribution in [2.75, 3.05) is 0 Å². The monoisotopic (exact) mass is 228 g/mol. The number of aliphatic hydroxyl groups excluding tert-OH is 1. The molecule has 0 aromatic heterocycles. The normalized spacial score (nSPS) is 15.1. The Morgan fingerprint density at radius 1 is 1.19 bits per heavy atom. The fourth-order valence-electron chi connectivity index (χ4n) is 1.61. The van der Waals surface area contributed by atoms with Crippen LogP contribution in [0.3, 0.4) is 0 Å². The van der Waals surface area contributed by atoms with Crippen molar-refractivity contribution in [2.24, 2.45) is 5.92 Å². The van der Waals surface area contributed by atoms with E-state index < -0.39 is 18.4 Å². The number of rotatable bonds is 5. The van der Waals surface area contributed by atoms with Crippen molar-refractivity contribution in [3.63, 3.8) is 0 Å². The summed E-state index contributed by atoms with van der Waals surface area (Å²) < 4.78 is 24.8. The van der Waals surface area contributed by atoms with E-state index in [1.54, 1.807) is 12.1 Å². The molecule has 1 N–H and O–H groups in total. The lowest BCUT2D eigenvalue weighted by Crippen LogP contribution is -2.16. The fraction of sp³-hybridized carbons (Fsp3) is 0.538. The molecular weight excluding hydrogens is 210 g/mol. The lowest BCUT2D eigenvalue weighted by Gasteiger charge is -2.18. The van der Waals surface area contributed by atoms with Gasteiger partial charge in [-0.2, -0.15) is 0 Å². The molecule has 1 aromatic rings. The van der Waals surface area contributed by atoms with E-state index in [1.165, 1.54) is 12.5 Å². The van der Waals surface area contributed by atoms with Crippen LogP contribution in [0.15, 0.2) is 24.3 Å². The van der Waals surface area contributed by atoms with Crippen molar-refractivity contribution in [1.82, 2.24) is 0 Å². The largest absolute Gasteiger partial charge is 0.388 e. The predicted octanol–water partition coefficient (Wildman–Crippen LogP) is 3.57. The van der Waals surface area contributed by atoms with Gasteiger partial charge < -0.3 is 5.11 Å². The molecule has 0 amide bonds. The molecule has 0 aliphatic heterocycles. The first-order chi connectivity index (χ1) is 7.56. The van der Waals surface area contributed by atoms with Crippen LogP contribution in [0.1, 0.15) is 37.5 Å². The number of aryl methyl sites for hydroxylation is 1. The molecule has 0 radical (unpaired) electrons. The van der Waals surface area contributed by atoms with Crippen molar-refractivity contribution in [3.8, 4) is 0 Å². The smallest absolute Gasteiger partial charge is 0.243 e. The second-order valence-electron chi connectivity index (χ2n) is 4.13. The zero-order valence-electron chi connectivity index (χ0n) is 9.66. The maximum Gasteiger partial charge on any atom is 0.243 e. The number of halogens is 2. The molecule has 2 unspecified atom stereocenters. The van der Waals surface area contributed by atoms with E-state index in [4.69, 9.17) is 0 Å². The Labute approximate surface area is 95.1 Å². The molecule has 1 rings (SSSR count). The van der Waals surface area contributed by atoms with E-state index in [9.17, 15) is 13.9 Å². The molecule has 0 aliphatic rings. The summed E-state index contributed by atoms with van der Waals surface area (Å²) in [5, 5.41) is 9.70. The van der Waals surface area contributed by atoms with Crippen molar-refractivity contribution < 1.29 is 13.9 Å². The Balaban J connectivity index is 2.73. The zero-order valence-corrected chi connectivity index (χ0v) is 9.66. The van der Waals surface area contributed by atoms with Crippen molar-refractivity contribution >= 4 is 0 Å². The predicted molar refractivity (Wildman–Crippen MR) is 60.6 cm³/mol. The molecule has 0 saturated carbocycles. The Kier molecular flexibility index (Phi) is 4.87. The van der Waals surface area contributed by atoms with Gasteiger partial charge in [0.15, 0.2) is 0 Å². The Hall–Kier alpha value is -0.960. The maximum atomic E-state index is 12.4. The minimum absolute atomic E-state index is 0.563. The van der Waals surface area contributed by atoms with Gasteiger partial charge in [0.2, 0.25) is 6.43 Å². The summed E-state index contributed by atoms with van der Waals surface area (Å²) in [5.41, 5.74) is 1.73. The first-order valence-corrected chi connectivity index (χ1v) is 5.61. The average molecular weight is 228 g/mol. The molecular formula is C13H18F2O. The second kappa shape index (κ2) is 5.94. The van der Waals surface area contributed by atoms with Gasteiger partial charge in [0.1, 0.15) is 0 Å². The molecule has 0 heterocycles. The molecule has 16 heavy (non-hydrogen) atoms. The van der Waals surface area contributed by atoms with Crippen LogP contribution in [0.5, 0.6) is 0 Å². The van der Waals surface area contributed by atoms with E-state index in [-0.39, 0.29) is 0 Å². The third kappa shape index (κ3) is 3.27. The number of hydrogen-bond acceptors (Lipinski definition) is 1. The third-order valence-corrected chi connectivity index (χ3v) is 2.76. The summed E-state index contributed by atoms with van der Waals surface area (Å²) in [4.78, 5) is 0. The summed E-state index contributed by atoms with van der Waals surface area (Å²) in [5.74, 6) is -1.03. The van der Waals surface area contributed by atoms with Crippen LogP contribution >= 0.6 is 0 Å². The topological polar surface area (TPSA) is 20.2 Å². The van der Waals surface area contributed by atoms with Gasteiger partial charge in [-0.15, -0.1) is 0 Å². The Bertz CT molecular complexity index is 308. The van der Waals surface area contributed by atoms with Crippen LogP contribution in [-0.2, 0) is 6.42 Å². The van der Waals surface area contributed by atoms with Crippen LogP contribution in [0.25, 0.3) is 0 Å². The lowest BCUT2D eigenvalue weighted by molar-refractivity contribution is 0.000629. The van der Waals surface area contributed by atoms with E-state index in [0.29, 0.717) is 5.56 Å². The second-order valence-corrected chi connectivity index (χ2v) is 4.13. The Morgan fingerprint density at radius 3 is 2.19 bits per heavy atom. The molecule has 0 aliphatic carbocycles. The highest BCUT2D eigenvalue weighted by molar-refractivity contribution is 5.24. The van der Waals surface area contributed by atoms with Gasteiger partial charge in [-0.1, -0.05) is 44.5 Å². The van der Waals surface area contributed by atoms with Crippen LogP contribution < -0.4 is 0 Å². The summed E-state index contributed by atoms with van der Waals surface area (Å²) >= 11 is 0. The van der Waals surface area contributed by atoms with Crippen molar-refractivity contribution in [1.29, 1.82) is 0 Å². The highest BCUT2D eigenvalue weighted by Crippen LogP contribution is 2.26. The van der Waals surface area contributed by atoms with Gasteiger partial charge in [0, 0.05) is 5.92 Å². The van der Waals surface area contributed by atoms with E-state index in [1.807, 2.05) is 12.1 Å². The minimum Gasteiger partial charge on any atom is -0.388 e. The highest BCUT2D eigenvalue weighted by Gasteiger charge is 2.24.